The molecule has 14 heavy (non-hydrogen) atoms. The molecule has 0 spiro atoms. The molecule has 0 aliphatic carbocycles. The zero-order valence-electron chi connectivity index (χ0n) is 7.15. The molecule has 82 valence electrons. The highest BCUT2D eigenvalue weighted by Gasteiger charge is 2.92. The molecule has 1 saturated heterocycles. The number of hydrogen-bond donors (Lipinski definition) is 0. The quantitative estimate of drug-likeness (QED) is 0.486. The largest absolute Gasteiger partial charge is 0.435 e. The van der Waals surface area contributed by atoms with Crippen LogP contribution in [0.1, 0.15) is 0 Å². The van der Waals surface area contributed by atoms with E-state index in [2.05, 4.69) is 4.74 Å². The van der Waals surface area contributed by atoms with Crippen LogP contribution in [0.2, 0.25) is 0 Å². The maximum Gasteiger partial charge on any atom is 0.435 e. The highest BCUT2D eigenvalue weighted by Crippen LogP contribution is 2.60. The third kappa shape index (κ3) is 1.17. The first kappa shape index (κ1) is 11.2. The van der Waals surface area contributed by atoms with Crippen molar-refractivity contribution in [2.24, 2.45) is 0 Å². The summed E-state index contributed by atoms with van der Waals surface area (Å²) in [6.07, 6.45) is -9.88. The molecule has 1 aliphatic rings. The third-order valence-electron chi connectivity index (χ3n) is 1.76. The van der Waals surface area contributed by atoms with Crippen molar-refractivity contribution >= 4 is 5.91 Å². The van der Waals surface area contributed by atoms with Gasteiger partial charge in [0.15, 0.2) is 0 Å². The first-order valence-corrected chi connectivity index (χ1v) is 3.43. The lowest BCUT2D eigenvalue weighted by molar-refractivity contribution is -0.198. The zero-order chi connectivity index (χ0) is 11.4. The number of nitrogens with zero attached hydrogens (tertiary/aromatic N) is 1. The summed E-state index contributed by atoms with van der Waals surface area (Å²) in [5.41, 5.74) is -3.98. The number of amides is 1. The van der Waals surface area contributed by atoms with Crippen LogP contribution < -0.4 is 0 Å². The Morgan fingerprint density at radius 1 is 1.29 bits per heavy atom. The van der Waals surface area contributed by atoms with Gasteiger partial charge in [0.2, 0.25) is 0 Å². The molecule has 0 N–H and O–H groups in total. The molecule has 1 fully saturated rings. The topological polar surface area (TPSA) is 32.8 Å². The van der Waals surface area contributed by atoms with E-state index in [0.29, 0.717) is 4.90 Å². The zero-order valence-corrected chi connectivity index (χ0v) is 7.15. The molecule has 0 aromatic heterocycles. The van der Waals surface area contributed by atoms with Gasteiger partial charge in [-0.2, -0.15) is 22.0 Å². The fourth-order valence-corrected chi connectivity index (χ4v) is 0.994. The van der Waals surface area contributed by atoms with Gasteiger partial charge in [0.1, 0.15) is 0 Å². The van der Waals surface area contributed by atoms with Crippen LogP contribution in [0, 0.1) is 0 Å². The van der Waals surface area contributed by atoms with Gasteiger partial charge in [-0.15, -0.1) is 0 Å². The van der Waals surface area contributed by atoms with E-state index in [4.69, 9.17) is 0 Å². The Morgan fingerprint density at radius 2 is 1.64 bits per heavy atom. The van der Waals surface area contributed by atoms with E-state index < -0.39 is 23.8 Å². The Balaban J connectivity index is 3.06. The Labute approximate surface area is 75.4 Å². The van der Waals surface area contributed by atoms with Crippen molar-refractivity contribution < 1.29 is 31.5 Å². The molecule has 1 rings (SSSR count). The SMILES string of the molecule is CN(C)C(=O)C1(C(F)(F)F)OC1(F)F. The van der Waals surface area contributed by atoms with Crippen molar-refractivity contribution in [1.29, 1.82) is 0 Å². The lowest BCUT2D eigenvalue weighted by Gasteiger charge is -2.18. The third-order valence-corrected chi connectivity index (χ3v) is 1.76. The number of epoxide rings is 1. The molecule has 1 heterocycles. The molecule has 8 heteroatoms. The second-order valence-electron chi connectivity index (χ2n) is 3.00. The number of carbonyl (C=O) groups is 1. The normalized spacial score (nSPS) is 29.9. The molecule has 1 unspecified atom stereocenters. The molecule has 1 amide bonds. The fraction of sp³-hybridized carbons (Fsp3) is 0.833. The summed E-state index contributed by atoms with van der Waals surface area (Å²) >= 11 is 0. The van der Waals surface area contributed by atoms with Crippen LogP contribution in [-0.2, 0) is 9.53 Å². The summed E-state index contributed by atoms with van der Waals surface area (Å²) in [7, 11) is 1.88. The van der Waals surface area contributed by atoms with Crippen LogP contribution in [0.3, 0.4) is 0 Å². The maximum atomic E-state index is 12.4. The second kappa shape index (κ2) is 2.56. The number of alkyl halides is 5. The van der Waals surface area contributed by atoms with Gasteiger partial charge in [-0.25, -0.2) is 0 Å². The van der Waals surface area contributed by atoms with E-state index >= 15 is 0 Å². The molecule has 1 aliphatic heterocycles. The van der Waals surface area contributed by atoms with Gasteiger partial charge in [-0.05, 0) is 0 Å². The van der Waals surface area contributed by atoms with Crippen LogP contribution >= 0.6 is 0 Å². The highest BCUT2D eigenvalue weighted by atomic mass is 19.4. The van der Waals surface area contributed by atoms with Crippen molar-refractivity contribution in [3.05, 3.63) is 0 Å². The van der Waals surface area contributed by atoms with Gasteiger partial charge in [0.05, 0.1) is 0 Å². The molecule has 1 atom stereocenters. The number of hydrogen-bond acceptors (Lipinski definition) is 2. The molecule has 3 nitrogen and oxygen atoms in total. The Bertz CT molecular complexity index is 274. The van der Waals surface area contributed by atoms with Crippen molar-refractivity contribution in [3.8, 4) is 0 Å². The minimum absolute atomic E-state index is 0.411. The summed E-state index contributed by atoms with van der Waals surface area (Å²) in [4.78, 5) is 11.3. The number of likely N-dealkylation sites (N-methyl/N-ethyl adjacent to an activating group) is 1. The smallest absolute Gasteiger partial charge is 0.346 e. The van der Waals surface area contributed by atoms with Crippen molar-refractivity contribution in [2.45, 2.75) is 17.9 Å². The Hall–Kier alpha value is -0.920. The van der Waals surface area contributed by atoms with Crippen molar-refractivity contribution in [1.82, 2.24) is 4.90 Å². The Morgan fingerprint density at radius 3 is 1.71 bits per heavy atom. The number of ether oxygens (including phenoxy) is 1. The number of rotatable bonds is 1. The van der Waals surface area contributed by atoms with E-state index in [1.165, 1.54) is 0 Å². The van der Waals surface area contributed by atoms with Crippen LogP contribution in [0.4, 0.5) is 22.0 Å². The van der Waals surface area contributed by atoms with Gasteiger partial charge < -0.3 is 4.90 Å². The molecule has 0 aromatic carbocycles. The molecular weight excluding hydrogens is 213 g/mol. The average Bonchev–Trinajstić information content (AvgIpc) is 2.52. The minimum atomic E-state index is -5.42. The van der Waals surface area contributed by atoms with Gasteiger partial charge in [-0.3, -0.25) is 9.53 Å². The summed E-state index contributed by atoms with van der Waals surface area (Å²) in [6, 6.07) is 0. The molecule has 0 bridgehead atoms. The van der Waals surface area contributed by atoms with E-state index in [9.17, 15) is 26.7 Å². The maximum absolute atomic E-state index is 12.4. The first-order chi connectivity index (χ1) is 6.06. The summed E-state index contributed by atoms with van der Waals surface area (Å²) < 4.78 is 64.4. The molecule has 0 aromatic rings. The van der Waals surface area contributed by atoms with E-state index in [-0.39, 0.29) is 0 Å². The van der Waals surface area contributed by atoms with Crippen molar-refractivity contribution in [3.63, 3.8) is 0 Å². The average molecular weight is 219 g/mol. The van der Waals surface area contributed by atoms with E-state index in [1.54, 1.807) is 0 Å². The predicted molar refractivity (Wildman–Crippen MR) is 33.5 cm³/mol. The fourth-order valence-electron chi connectivity index (χ4n) is 0.994. The summed E-state index contributed by atoms with van der Waals surface area (Å²) in [6.45, 7) is 0. The molecule has 0 radical (unpaired) electrons. The van der Waals surface area contributed by atoms with Crippen LogP contribution in [-0.4, -0.2) is 42.8 Å². The van der Waals surface area contributed by atoms with E-state index in [0.717, 1.165) is 14.1 Å². The Kier molecular flexibility index (Phi) is 2.04. The second-order valence-corrected chi connectivity index (χ2v) is 3.00. The summed E-state index contributed by atoms with van der Waals surface area (Å²) in [5, 5.41) is 0. The highest BCUT2D eigenvalue weighted by molar-refractivity contribution is 5.89. The van der Waals surface area contributed by atoms with Crippen LogP contribution in [0.25, 0.3) is 0 Å². The van der Waals surface area contributed by atoms with Crippen LogP contribution in [0.5, 0.6) is 0 Å². The van der Waals surface area contributed by atoms with Crippen molar-refractivity contribution in [2.75, 3.05) is 14.1 Å². The molecular formula is C6H6F5NO2. The van der Waals surface area contributed by atoms with Gasteiger partial charge in [0, 0.05) is 14.1 Å². The predicted octanol–water partition coefficient (Wildman–Crippen LogP) is 0.999. The lowest BCUT2D eigenvalue weighted by atomic mass is 10.1. The standard InChI is InChI=1S/C6H6F5NO2/c1-12(2)3(13)4(5(7,8)9)6(10,11)14-4/h1-2H3. The van der Waals surface area contributed by atoms with Gasteiger partial charge >= 0.3 is 17.9 Å². The minimum Gasteiger partial charge on any atom is -0.346 e. The number of halogens is 5. The van der Waals surface area contributed by atoms with Gasteiger partial charge in [0.25, 0.3) is 5.91 Å². The lowest BCUT2D eigenvalue weighted by Crippen LogP contribution is -2.50. The van der Waals surface area contributed by atoms with Gasteiger partial charge in [-0.1, -0.05) is 0 Å². The monoisotopic (exact) mass is 219 g/mol. The molecule has 0 saturated carbocycles. The number of carbonyl (C=O) groups excluding carboxylic acids is 1. The van der Waals surface area contributed by atoms with E-state index in [1.807, 2.05) is 0 Å². The summed E-state index contributed by atoms with van der Waals surface area (Å²) in [5.74, 6) is -1.81. The van der Waals surface area contributed by atoms with Crippen LogP contribution in [0.15, 0.2) is 0 Å². The first-order valence-electron chi connectivity index (χ1n) is 3.43.